The van der Waals surface area contributed by atoms with Crippen molar-refractivity contribution in [3.8, 4) is 0 Å². The van der Waals surface area contributed by atoms with Crippen molar-refractivity contribution in [1.82, 2.24) is 4.90 Å². The Morgan fingerprint density at radius 2 is 1.72 bits per heavy atom. The number of carbonyl (C=O) groups excluding carboxylic acids is 1. The number of rotatable bonds is 5. The van der Waals surface area contributed by atoms with Crippen molar-refractivity contribution in [3.63, 3.8) is 0 Å². The van der Waals surface area contributed by atoms with Crippen LogP contribution in [0.5, 0.6) is 0 Å². The number of hydrogen-bond acceptors (Lipinski definition) is 3. The molecule has 0 atom stereocenters. The smallest absolute Gasteiger partial charge is 0.227 e. The Morgan fingerprint density at radius 3 is 2.36 bits per heavy atom. The molecule has 138 valence electrons. The lowest BCUT2D eigenvalue weighted by molar-refractivity contribution is -0.121. The summed E-state index contributed by atoms with van der Waals surface area (Å²) in [5.74, 6) is 0.946. The first kappa shape index (κ1) is 19.0. The molecule has 0 radical (unpaired) electrons. The number of anilines is 1. The highest BCUT2D eigenvalue weighted by atomic mass is 35.5. The minimum absolute atomic E-state index is 0.0667. The third-order valence-electron chi connectivity index (χ3n) is 5.28. The molecular weight excluding hydrogens is 359 g/mol. The fourth-order valence-corrected chi connectivity index (χ4v) is 4.22. The molecule has 1 aromatic carbocycles. The Kier molecular flexibility index (Phi) is 7.00. The van der Waals surface area contributed by atoms with Crippen molar-refractivity contribution in [3.05, 3.63) is 28.2 Å². The number of carbonyl (C=O) groups is 1. The van der Waals surface area contributed by atoms with Crippen LogP contribution in [-0.2, 0) is 9.53 Å². The summed E-state index contributed by atoms with van der Waals surface area (Å²) in [7, 11) is 0. The highest BCUT2D eigenvalue weighted by Crippen LogP contribution is 2.25. The summed E-state index contributed by atoms with van der Waals surface area (Å²) >= 11 is 12.0. The number of piperidine rings is 1. The molecule has 6 heteroatoms. The van der Waals surface area contributed by atoms with Crippen LogP contribution < -0.4 is 5.32 Å². The number of nitrogens with one attached hydrogen (secondary N) is 1. The molecule has 1 aromatic rings. The summed E-state index contributed by atoms with van der Waals surface area (Å²) in [6.45, 7) is 4.97. The molecule has 3 rings (SSSR count). The Hall–Kier alpha value is -0.810. The lowest BCUT2D eigenvalue weighted by atomic mass is 9.93. The number of hydrogen-bond donors (Lipinski definition) is 1. The van der Waals surface area contributed by atoms with Crippen LogP contribution in [0.3, 0.4) is 0 Å². The van der Waals surface area contributed by atoms with Gasteiger partial charge in [0.05, 0.1) is 0 Å². The normalized spacial score (nSPS) is 20.6. The van der Waals surface area contributed by atoms with Gasteiger partial charge in [-0.05, 0) is 75.9 Å². The lowest BCUT2D eigenvalue weighted by Crippen LogP contribution is -2.39. The maximum Gasteiger partial charge on any atom is 0.227 e. The van der Waals surface area contributed by atoms with Gasteiger partial charge in [-0.1, -0.05) is 23.2 Å². The van der Waals surface area contributed by atoms with Crippen molar-refractivity contribution < 1.29 is 9.53 Å². The van der Waals surface area contributed by atoms with Gasteiger partial charge < -0.3 is 15.0 Å². The number of likely N-dealkylation sites (tertiary alicyclic amines) is 1. The van der Waals surface area contributed by atoms with E-state index in [-0.39, 0.29) is 11.8 Å². The Balaban J connectivity index is 1.41. The fraction of sp³-hybridized carbons (Fsp3) is 0.632. The van der Waals surface area contributed by atoms with E-state index < -0.39 is 0 Å². The third-order valence-corrected chi connectivity index (χ3v) is 5.72. The largest absolute Gasteiger partial charge is 0.381 e. The van der Waals surface area contributed by atoms with Gasteiger partial charge in [0.1, 0.15) is 0 Å². The van der Waals surface area contributed by atoms with Crippen LogP contribution in [0.15, 0.2) is 18.2 Å². The standard InChI is InChI=1S/C19H26Cl2N2O2/c20-16-11-17(21)13-18(12-16)22-19(24)15-2-7-23(8-3-15)6-1-14-4-9-25-10-5-14/h11-15H,1-10H2,(H,22,24). The molecule has 4 nitrogen and oxygen atoms in total. The van der Waals surface area contributed by atoms with Gasteiger partial charge in [-0.15, -0.1) is 0 Å². The van der Waals surface area contributed by atoms with Crippen molar-refractivity contribution in [1.29, 1.82) is 0 Å². The third kappa shape index (κ3) is 5.85. The van der Waals surface area contributed by atoms with Gasteiger partial charge in [0.2, 0.25) is 5.91 Å². The Bertz CT molecular complexity index is 563. The summed E-state index contributed by atoms with van der Waals surface area (Å²) in [5, 5.41) is 4.02. The van der Waals surface area contributed by atoms with Crippen LogP contribution in [-0.4, -0.2) is 43.7 Å². The molecule has 0 saturated carbocycles. The zero-order chi connectivity index (χ0) is 17.6. The molecule has 0 unspecified atom stereocenters. The van der Waals surface area contributed by atoms with Crippen molar-refractivity contribution in [2.45, 2.75) is 32.1 Å². The second-order valence-electron chi connectivity index (χ2n) is 7.11. The van der Waals surface area contributed by atoms with E-state index in [9.17, 15) is 4.79 Å². The van der Waals surface area contributed by atoms with Crippen LogP contribution in [0.4, 0.5) is 5.69 Å². The van der Waals surface area contributed by atoms with E-state index in [4.69, 9.17) is 27.9 Å². The molecule has 25 heavy (non-hydrogen) atoms. The average molecular weight is 385 g/mol. The molecule has 2 aliphatic rings. The summed E-state index contributed by atoms with van der Waals surface area (Å²) in [5.41, 5.74) is 0.671. The van der Waals surface area contributed by atoms with Gasteiger partial charge >= 0.3 is 0 Å². The number of ether oxygens (including phenoxy) is 1. The maximum atomic E-state index is 12.5. The van der Waals surface area contributed by atoms with Gasteiger partial charge in [-0.25, -0.2) is 0 Å². The van der Waals surface area contributed by atoms with E-state index in [1.807, 2.05) is 0 Å². The average Bonchev–Trinajstić information content (AvgIpc) is 2.60. The SMILES string of the molecule is O=C(Nc1cc(Cl)cc(Cl)c1)C1CCN(CCC2CCOCC2)CC1. The van der Waals surface area contributed by atoms with Crippen molar-refractivity contribution in [2.75, 3.05) is 38.2 Å². The highest BCUT2D eigenvalue weighted by Gasteiger charge is 2.25. The Labute approximate surface area is 159 Å². The minimum atomic E-state index is 0.0667. The summed E-state index contributed by atoms with van der Waals surface area (Å²) in [4.78, 5) is 15.0. The number of halogens is 2. The quantitative estimate of drug-likeness (QED) is 0.814. The molecule has 0 aromatic heterocycles. The zero-order valence-electron chi connectivity index (χ0n) is 14.5. The van der Waals surface area contributed by atoms with Crippen LogP contribution in [0.25, 0.3) is 0 Å². The second kappa shape index (κ2) is 9.22. The first-order chi connectivity index (χ1) is 12.1. The van der Waals surface area contributed by atoms with Gasteiger partial charge in [-0.2, -0.15) is 0 Å². The predicted molar refractivity (Wildman–Crippen MR) is 102 cm³/mol. The molecule has 2 saturated heterocycles. The maximum absolute atomic E-state index is 12.5. The van der Waals surface area contributed by atoms with Gasteiger partial charge in [0.15, 0.2) is 0 Å². The minimum Gasteiger partial charge on any atom is -0.381 e. The molecule has 0 spiro atoms. The lowest BCUT2D eigenvalue weighted by Gasteiger charge is -2.32. The van der Waals surface area contributed by atoms with Gasteiger partial charge in [0, 0.05) is 34.9 Å². The van der Waals surface area contributed by atoms with E-state index in [0.29, 0.717) is 15.7 Å². The molecule has 2 heterocycles. The van der Waals surface area contributed by atoms with E-state index in [2.05, 4.69) is 10.2 Å². The highest BCUT2D eigenvalue weighted by molar-refractivity contribution is 6.35. The topological polar surface area (TPSA) is 41.6 Å². The first-order valence-electron chi connectivity index (χ1n) is 9.17. The zero-order valence-corrected chi connectivity index (χ0v) is 16.0. The molecular formula is C19H26Cl2N2O2. The summed E-state index contributed by atoms with van der Waals surface area (Å²) in [6.07, 6.45) is 5.46. The molecule has 1 N–H and O–H groups in total. The Morgan fingerprint density at radius 1 is 1.08 bits per heavy atom. The fourth-order valence-electron chi connectivity index (χ4n) is 3.69. The van der Waals surface area contributed by atoms with Crippen LogP contribution in [0, 0.1) is 11.8 Å². The summed E-state index contributed by atoms with van der Waals surface area (Å²) < 4.78 is 5.42. The van der Waals surface area contributed by atoms with Crippen LogP contribution in [0.1, 0.15) is 32.1 Å². The van der Waals surface area contributed by atoms with E-state index in [1.54, 1.807) is 18.2 Å². The summed E-state index contributed by atoms with van der Waals surface area (Å²) in [6, 6.07) is 5.12. The monoisotopic (exact) mass is 384 g/mol. The second-order valence-corrected chi connectivity index (χ2v) is 7.98. The predicted octanol–water partition coefficient (Wildman–Crippen LogP) is 4.46. The molecule has 2 aliphatic heterocycles. The molecule has 2 fully saturated rings. The van der Waals surface area contributed by atoms with E-state index in [0.717, 1.165) is 51.6 Å². The van der Waals surface area contributed by atoms with E-state index >= 15 is 0 Å². The van der Waals surface area contributed by atoms with Crippen molar-refractivity contribution in [2.24, 2.45) is 11.8 Å². The molecule has 0 bridgehead atoms. The first-order valence-corrected chi connectivity index (χ1v) is 9.93. The van der Waals surface area contributed by atoms with Crippen LogP contribution in [0.2, 0.25) is 10.0 Å². The molecule has 1 amide bonds. The van der Waals surface area contributed by atoms with Gasteiger partial charge in [-0.3, -0.25) is 4.79 Å². The number of nitrogens with zero attached hydrogens (tertiary/aromatic N) is 1. The number of amides is 1. The van der Waals surface area contributed by atoms with E-state index in [1.165, 1.54) is 19.3 Å². The van der Waals surface area contributed by atoms with Gasteiger partial charge in [0.25, 0.3) is 0 Å². The van der Waals surface area contributed by atoms with Crippen LogP contribution >= 0.6 is 23.2 Å². The van der Waals surface area contributed by atoms with Crippen molar-refractivity contribution >= 4 is 34.8 Å². The number of benzene rings is 1. The molecule has 0 aliphatic carbocycles.